The molecule has 0 amide bonds. The Kier molecular flexibility index (Phi) is 2.57. The maximum absolute atomic E-state index is 6.54. The third-order valence-electron chi connectivity index (χ3n) is 4.39. The molecule has 0 aliphatic heterocycles. The number of hydrogen-bond donors (Lipinski definition) is 1. The number of nitrogens with zero attached hydrogens (tertiary/aromatic N) is 1. The van der Waals surface area contributed by atoms with Gasteiger partial charge in [0.15, 0.2) is 0 Å². The molecule has 2 nitrogen and oxygen atoms in total. The van der Waals surface area contributed by atoms with E-state index in [2.05, 4.69) is 47.4 Å². The van der Waals surface area contributed by atoms with Crippen molar-refractivity contribution in [1.82, 2.24) is 4.98 Å². The summed E-state index contributed by atoms with van der Waals surface area (Å²) in [5.41, 5.74) is 10.5. The minimum atomic E-state index is 0.0171. The van der Waals surface area contributed by atoms with Crippen molar-refractivity contribution in [1.29, 1.82) is 0 Å². The summed E-state index contributed by atoms with van der Waals surface area (Å²) in [7, 11) is 0. The van der Waals surface area contributed by atoms with E-state index < -0.39 is 0 Å². The molecule has 2 heteroatoms. The van der Waals surface area contributed by atoms with Gasteiger partial charge in [-0.15, -0.1) is 0 Å². The van der Waals surface area contributed by atoms with Crippen LogP contribution in [0.15, 0.2) is 60.9 Å². The fourth-order valence-corrected chi connectivity index (χ4v) is 3.24. The average Bonchev–Trinajstić information content (AvgIpc) is 2.48. The zero-order chi connectivity index (χ0) is 13.5. The highest BCUT2D eigenvalue weighted by Gasteiger charge is 2.32. The van der Waals surface area contributed by atoms with E-state index >= 15 is 0 Å². The average molecular weight is 260 g/mol. The number of benzene rings is 2. The van der Waals surface area contributed by atoms with Gasteiger partial charge in [0.1, 0.15) is 0 Å². The van der Waals surface area contributed by atoms with Crippen molar-refractivity contribution in [2.75, 3.05) is 0 Å². The Morgan fingerprint density at radius 2 is 1.80 bits per heavy atom. The van der Waals surface area contributed by atoms with Crippen LogP contribution in [0.4, 0.5) is 0 Å². The summed E-state index contributed by atoms with van der Waals surface area (Å²) in [5, 5.41) is 2.38. The largest absolute Gasteiger partial charge is 0.323 e. The van der Waals surface area contributed by atoms with E-state index in [1.54, 1.807) is 0 Å². The molecule has 2 N–H and O–H groups in total. The predicted octanol–water partition coefficient (Wildman–Crippen LogP) is 3.57. The molecule has 98 valence electrons. The summed E-state index contributed by atoms with van der Waals surface area (Å²) in [6.07, 6.45) is 4.90. The number of aromatic nitrogens is 1. The predicted molar refractivity (Wildman–Crippen MR) is 81.6 cm³/mol. The lowest BCUT2D eigenvalue weighted by atomic mass is 9.72. The highest BCUT2D eigenvalue weighted by molar-refractivity contribution is 5.85. The van der Waals surface area contributed by atoms with Crippen LogP contribution >= 0.6 is 0 Å². The summed E-state index contributed by atoms with van der Waals surface area (Å²) in [6, 6.07) is 16.9. The monoisotopic (exact) mass is 260 g/mol. The van der Waals surface area contributed by atoms with Gasteiger partial charge in [0, 0.05) is 29.7 Å². The molecule has 0 spiro atoms. The molecule has 20 heavy (non-hydrogen) atoms. The Morgan fingerprint density at radius 3 is 2.70 bits per heavy atom. The molecule has 0 saturated heterocycles. The van der Waals surface area contributed by atoms with E-state index in [0.717, 1.165) is 17.4 Å². The molecule has 1 aromatic heterocycles. The molecule has 2 unspecified atom stereocenters. The normalized spacial score (nSPS) is 18.4. The van der Waals surface area contributed by atoms with Crippen LogP contribution in [-0.4, -0.2) is 4.98 Å². The Labute approximate surface area is 118 Å². The third kappa shape index (κ3) is 1.65. The van der Waals surface area contributed by atoms with Crippen LogP contribution in [0.1, 0.15) is 28.7 Å². The summed E-state index contributed by atoms with van der Waals surface area (Å²) in [5.74, 6) is 0.416. The molecular weight excluding hydrogens is 244 g/mol. The van der Waals surface area contributed by atoms with Gasteiger partial charge < -0.3 is 5.73 Å². The molecule has 1 aliphatic rings. The first-order chi connectivity index (χ1) is 9.84. The summed E-state index contributed by atoms with van der Waals surface area (Å²) in [4.78, 5) is 4.35. The molecule has 3 aromatic rings. The number of nitrogens with two attached hydrogens (primary N) is 1. The second-order valence-corrected chi connectivity index (χ2v) is 5.49. The second kappa shape index (κ2) is 4.43. The van der Waals surface area contributed by atoms with Gasteiger partial charge in [0.05, 0.1) is 0 Å². The van der Waals surface area contributed by atoms with Gasteiger partial charge in [-0.25, -0.2) is 0 Å². The molecule has 0 fully saturated rings. The van der Waals surface area contributed by atoms with Crippen molar-refractivity contribution < 1.29 is 0 Å². The van der Waals surface area contributed by atoms with Gasteiger partial charge >= 0.3 is 0 Å². The summed E-state index contributed by atoms with van der Waals surface area (Å²) >= 11 is 0. The van der Waals surface area contributed by atoms with Gasteiger partial charge in [-0.2, -0.15) is 0 Å². The van der Waals surface area contributed by atoms with E-state index in [1.165, 1.54) is 16.5 Å². The van der Waals surface area contributed by atoms with Crippen LogP contribution in [0, 0.1) is 0 Å². The highest BCUT2D eigenvalue weighted by Crippen LogP contribution is 2.43. The fourth-order valence-electron chi connectivity index (χ4n) is 3.24. The molecule has 0 radical (unpaired) electrons. The quantitative estimate of drug-likeness (QED) is 0.765. The van der Waals surface area contributed by atoms with Crippen molar-refractivity contribution in [2.24, 2.45) is 5.73 Å². The molecule has 4 rings (SSSR count). The molecule has 2 aromatic carbocycles. The van der Waals surface area contributed by atoms with Crippen LogP contribution in [0.5, 0.6) is 0 Å². The third-order valence-corrected chi connectivity index (χ3v) is 4.39. The lowest BCUT2D eigenvalue weighted by molar-refractivity contribution is 0.501. The lowest BCUT2D eigenvalue weighted by Crippen LogP contribution is -2.29. The van der Waals surface area contributed by atoms with E-state index in [-0.39, 0.29) is 6.04 Å². The summed E-state index contributed by atoms with van der Waals surface area (Å²) < 4.78 is 0. The Hall–Kier alpha value is -2.19. The minimum Gasteiger partial charge on any atom is -0.323 e. The minimum absolute atomic E-state index is 0.0171. The second-order valence-electron chi connectivity index (χ2n) is 5.49. The smallest absolute Gasteiger partial charge is 0.0389 e. The van der Waals surface area contributed by atoms with Crippen molar-refractivity contribution in [3.8, 4) is 0 Å². The molecule has 0 saturated carbocycles. The van der Waals surface area contributed by atoms with Gasteiger partial charge in [-0.05, 0) is 28.5 Å². The lowest BCUT2D eigenvalue weighted by Gasteiger charge is -2.35. The van der Waals surface area contributed by atoms with Gasteiger partial charge in [0.25, 0.3) is 0 Å². The maximum Gasteiger partial charge on any atom is 0.0389 e. The van der Waals surface area contributed by atoms with E-state index in [0.29, 0.717) is 5.92 Å². The molecule has 2 atom stereocenters. The first-order valence-electron chi connectivity index (χ1n) is 7.00. The van der Waals surface area contributed by atoms with Crippen LogP contribution in [0.25, 0.3) is 10.8 Å². The van der Waals surface area contributed by atoms with Gasteiger partial charge in [0.2, 0.25) is 0 Å². The zero-order valence-corrected chi connectivity index (χ0v) is 11.2. The number of pyridine rings is 1. The number of rotatable bonds is 2. The first kappa shape index (κ1) is 11.6. The van der Waals surface area contributed by atoms with E-state index in [9.17, 15) is 0 Å². The Balaban J connectivity index is 1.77. The fraction of sp³-hybridized carbons (Fsp3) is 0.167. The molecular formula is C18H16N2. The van der Waals surface area contributed by atoms with Crippen LogP contribution in [0.3, 0.4) is 0 Å². The van der Waals surface area contributed by atoms with Gasteiger partial charge in [-0.1, -0.05) is 48.5 Å². The molecule has 0 bridgehead atoms. The van der Waals surface area contributed by atoms with Crippen molar-refractivity contribution >= 4 is 10.8 Å². The van der Waals surface area contributed by atoms with Gasteiger partial charge in [-0.3, -0.25) is 4.98 Å². The van der Waals surface area contributed by atoms with Crippen LogP contribution in [0.2, 0.25) is 0 Å². The van der Waals surface area contributed by atoms with E-state index in [4.69, 9.17) is 5.73 Å². The zero-order valence-electron chi connectivity index (χ0n) is 11.2. The van der Waals surface area contributed by atoms with Crippen molar-refractivity contribution in [3.63, 3.8) is 0 Å². The Bertz CT molecular complexity index is 774. The maximum atomic E-state index is 6.54. The summed E-state index contributed by atoms with van der Waals surface area (Å²) in [6.45, 7) is 0. The van der Waals surface area contributed by atoms with Crippen molar-refractivity contribution in [2.45, 2.75) is 18.4 Å². The highest BCUT2D eigenvalue weighted by atomic mass is 14.7. The van der Waals surface area contributed by atoms with Crippen LogP contribution in [-0.2, 0) is 6.42 Å². The first-order valence-corrected chi connectivity index (χ1v) is 7.00. The molecule has 1 aliphatic carbocycles. The number of hydrogen-bond acceptors (Lipinski definition) is 2. The number of fused-ring (bicyclic) bond motifs is 2. The standard InChI is InChI=1S/C18H16N2/c19-18(16-9-12-5-1-3-7-14(12)16)17-11-20-10-13-6-2-4-8-15(13)17/h1-8,10-11,16,18H,9,19H2. The Morgan fingerprint density at radius 1 is 1.00 bits per heavy atom. The van der Waals surface area contributed by atoms with Crippen LogP contribution < -0.4 is 5.73 Å². The molecule has 1 heterocycles. The SMILES string of the molecule is NC(c1cncc2ccccc12)C1Cc2ccccc21. The van der Waals surface area contributed by atoms with Crippen molar-refractivity contribution in [3.05, 3.63) is 77.6 Å². The topological polar surface area (TPSA) is 38.9 Å². The van der Waals surface area contributed by atoms with E-state index in [1.807, 2.05) is 18.5 Å².